The molecule has 20 heavy (non-hydrogen) atoms. The number of nitrogens with zero attached hydrogens (tertiary/aromatic N) is 2. The van der Waals surface area contributed by atoms with Crippen molar-refractivity contribution in [3.8, 4) is 11.6 Å². The van der Waals surface area contributed by atoms with Gasteiger partial charge in [0.15, 0.2) is 0 Å². The van der Waals surface area contributed by atoms with Crippen LogP contribution in [0.25, 0.3) is 0 Å². The predicted molar refractivity (Wildman–Crippen MR) is 60.5 cm³/mol. The molecule has 0 aliphatic rings. The lowest BCUT2D eigenvalue weighted by Gasteiger charge is -2.13. The molecule has 0 bridgehead atoms. The zero-order valence-corrected chi connectivity index (χ0v) is 9.76. The Kier molecular flexibility index (Phi) is 3.55. The minimum Gasteiger partial charge on any atom is -0.477 e. The van der Waals surface area contributed by atoms with E-state index in [2.05, 4.69) is 10.2 Å². The fraction of sp³-hybridized carbons (Fsp3) is 0.0833. The van der Waals surface area contributed by atoms with Gasteiger partial charge in [-0.2, -0.15) is 18.3 Å². The first kappa shape index (κ1) is 13.8. The quantitative estimate of drug-likeness (QED) is 0.938. The molecule has 0 spiro atoms. The van der Waals surface area contributed by atoms with Crippen molar-refractivity contribution in [2.75, 3.05) is 0 Å². The molecule has 2 rings (SSSR count). The van der Waals surface area contributed by atoms with Crippen LogP contribution in [0.2, 0.25) is 0 Å². The molecule has 104 valence electrons. The number of aromatic nitrogens is 2. The minimum atomic E-state index is -4.62. The van der Waals surface area contributed by atoms with E-state index in [1.54, 1.807) is 0 Å². The molecule has 0 saturated heterocycles. The SMILES string of the molecule is O=C(O)c1ccnnc1Oc1ccccc1C(F)(F)F. The van der Waals surface area contributed by atoms with Crippen LogP contribution < -0.4 is 4.74 Å². The Balaban J connectivity index is 2.44. The summed E-state index contributed by atoms with van der Waals surface area (Å²) in [4.78, 5) is 10.9. The summed E-state index contributed by atoms with van der Waals surface area (Å²) >= 11 is 0. The molecule has 0 radical (unpaired) electrons. The van der Waals surface area contributed by atoms with Gasteiger partial charge in [0, 0.05) is 0 Å². The van der Waals surface area contributed by atoms with Crippen molar-refractivity contribution in [1.82, 2.24) is 10.2 Å². The molecule has 1 N–H and O–H groups in total. The first-order valence-corrected chi connectivity index (χ1v) is 5.28. The molecular weight excluding hydrogens is 277 g/mol. The number of alkyl halides is 3. The third kappa shape index (κ3) is 2.85. The number of halogens is 3. The Labute approximate surface area is 110 Å². The number of hydrogen-bond acceptors (Lipinski definition) is 4. The number of carboxylic acid groups (broad SMARTS) is 1. The van der Waals surface area contributed by atoms with Crippen LogP contribution in [0.5, 0.6) is 11.6 Å². The van der Waals surface area contributed by atoms with E-state index in [1.807, 2.05) is 0 Å². The highest BCUT2D eigenvalue weighted by Gasteiger charge is 2.34. The molecule has 5 nitrogen and oxygen atoms in total. The summed E-state index contributed by atoms with van der Waals surface area (Å²) < 4.78 is 43.3. The summed E-state index contributed by atoms with van der Waals surface area (Å²) in [5.41, 5.74) is -1.40. The molecule has 0 atom stereocenters. The van der Waals surface area contributed by atoms with E-state index in [1.165, 1.54) is 12.1 Å². The highest BCUT2D eigenvalue weighted by molar-refractivity contribution is 5.90. The van der Waals surface area contributed by atoms with E-state index in [9.17, 15) is 18.0 Å². The van der Waals surface area contributed by atoms with Crippen LogP contribution >= 0.6 is 0 Å². The number of para-hydroxylation sites is 1. The number of hydrogen-bond donors (Lipinski definition) is 1. The van der Waals surface area contributed by atoms with Gasteiger partial charge in [-0.3, -0.25) is 0 Å². The lowest BCUT2D eigenvalue weighted by atomic mass is 10.2. The number of aromatic carboxylic acids is 1. The van der Waals surface area contributed by atoms with Crippen molar-refractivity contribution in [2.45, 2.75) is 6.18 Å². The van der Waals surface area contributed by atoms with E-state index in [0.717, 1.165) is 24.4 Å². The summed E-state index contributed by atoms with van der Waals surface area (Å²) in [6.07, 6.45) is -3.52. The summed E-state index contributed by atoms with van der Waals surface area (Å²) in [7, 11) is 0. The van der Waals surface area contributed by atoms with Gasteiger partial charge >= 0.3 is 12.1 Å². The summed E-state index contributed by atoms with van der Waals surface area (Å²) in [6, 6.07) is 5.52. The second-order valence-corrected chi connectivity index (χ2v) is 3.65. The van der Waals surface area contributed by atoms with Gasteiger partial charge in [-0.05, 0) is 18.2 Å². The molecule has 0 saturated carbocycles. The fourth-order valence-corrected chi connectivity index (χ4v) is 1.45. The maximum Gasteiger partial charge on any atom is 0.419 e. The largest absolute Gasteiger partial charge is 0.477 e. The molecule has 1 aromatic carbocycles. The molecule has 1 heterocycles. The van der Waals surface area contributed by atoms with E-state index >= 15 is 0 Å². The smallest absolute Gasteiger partial charge is 0.419 e. The third-order valence-electron chi connectivity index (χ3n) is 2.32. The Morgan fingerprint density at radius 2 is 1.90 bits per heavy atom. The number of rotatable bonds is 3. The molecule has 8 heteroatoms. The van der Waals surface area contributed by atoms with Crippen molar-refractivity contribution in [3.05, 3.63) is 47.7 Å². The first-order valence-electron chi connectivity index (χ1n) is 5.28. The number of ether oxygens (including phenoxy) is 1. The highest BCUT2D eigenvalue weighted by atomic mass is 19.4. The summed E-state index contributed by atoms with van der Waals surface area (Å²) in [5.74, 6) is -2.42. The van der Waals surface area contributed by atoms with Gasteiger partial charge in [0.25, 0.3) is 5.88 Å². The predicted octanol–water partition coefficient (Wildman–Crippen LogP) is 2.99. The molecular formula is C12H7F3N2O3. The second-order valence-electron chi connectivity index (χ2n) is 3.65. The molecule has 0 aliphatic carbocycles. The Bertz CT molecular complexity index is 644. The number of carboxylic acids is 1. The van der Waals surface area contributed by atoms with Gasteiger partial charge in [-0.25, -0.2) is 4.79 Å². The maximum atomic E-state index is 12.8. The Morgan fingerprint density at radius 1 is 1.20 bits per heavy atom. The monoisotopic (exact) mass is 284 g/mol. The molecule has 0 fully saturated rings. The average Bonchev–Trinajstić information content (AvgIpc) is 2.38. The van der Waals surface area contributed by atoms with Crippen molar-refractivity contribution >= 4 is 5.97 Å². The first-order chi connectivity index (χ1) is 9.39. The molecule has 0 unspecified atom stereocenters. The van der Waals surface area contributed by atoms with Crippen LogP contribution in [-0.2, 0) is 6.18 Å². The average molecular weight is 284 g/mol. The van der Waals surface area contributed by atoms with Crippen molar-refractivity contribution in [3.63, 3.8) is 0 Å². The zero-order chi connectivity index (χ0) is 14.8. The minimum absolute atomic E-state index is 0.378. The van der Waals surface area contributed by atoms with E-state index in [0.29, 0.717) is 0 Å². The zero-order valence-electron chi connectivity index (χ0n) is 9.76. The summed E-state index contributed by atoms with van der Waals surface area (Å²) in [5, 5.41) is 15.7. The third-order valence-corrected chi connectivity index (χ3v) is 2.32. The van der Waals surface area contributed by atoms with Crippen LogP contribution in [0, 0.1) is 0 Å². The van der Waals surface area contributed by atoms with Gasteiger partial charge in [0.2, 0.25) is 0 Å². The van der Waals surface area contributed by atoms with Gasteiger partial charge in [-0.15, -0.1) is 5.10 Å². The maximum absolute atomic E-state index is 12.8. The molecule has 0 aliphatic heterocycles. The van der Waals surface area contributed by atoms with Crippen LogP contribution in [0.3, 0.4) is 0 Å². The standard InChI is InChI=1S/C12H7F3N2O3/c13-12(14,15)8-3-1-2-4-9(8)20-10-7(11(18)19)5-6-16-17-10/h1-6H,(H,18,19). The van der Waals surface area contributed by atoms with Crippen molar-refractivity contribution in [1.29, 1.82) is 0 Å². The van der Waals surface area contributed by atoms with Crippen LogP contribution in [0.1, 0.15) is 15.9 Å². The van der Waals surface area contributed by atoms with Crippen LogP contribution in [-0.4, -0.2) is 21.3 Å². The Morgan fingerprint density at radius 3 is 2.55 bits per heavy atom. The molecule has 2 aromatic rings. The summed E-state index contributed by atoms with van der Waals surface area (Å²) in [6.45, 7) is 0. The lowest BCUT2D eigenvalue weighted by Crippen LogP contribution is -2.09. The topological polar surface area (TPSA) is 72.3 Å². The van der Waals surface area contributed by atoms with Gasteiger partial charge < -0.3 is 9.84 Å². The van der Waals surface area contributed by atoms with E-state index < -0.39 is 29.3 Å². The van der Waals surface area contributed by atoms with Gasteiger partial charge in [-0.1, -0.05) is 12.1 Å². The van der Waals surface area contributed by atoms with Gasteiger partial charge in [0.05, 0.1) is 11.8 Å². The fourth-order valence-electron chi connectivity index (χ4n) is 1.45. The van der Waals surface area contributed by atoms with Gasteiger partial charge in [0.1, 0.15) is 11.3 Å². The Hall–Kier alpha value is -2.64. The second kappa shape index (κ2) is 5.16. The normalized spacial score (nSPS) is 11.2. The van der Waals surface area contributed by atoms with Crippen molar-refractivity contribution in [2.24, 2.45) is 0 Å². The highest BCUT2D eigenvalue weighted by Crippen LogP contribution is 2.37. The van der Waals surface area contributed by atoms with E-state index in [4.69, 9.17) is 9.84 Å². The molecule has 1 aromatic heterocycles. The molecule has 0 amide bonds. The van der Waals surface area contributed by atoms with E-state index in [-0.39, 0.29) is 5.56 Å². The van der Waals surface area contributed by atoms with Crippen LogP contribution in [0.15, 0.2) is 36.5 Å². The van der Waals surface area contributed by atoms with Crippen molar-refractivity contribution < 1.29 is 27.8 Å². The lowest BCUT2D eigenvalue weighted by molar-refractivity contribution is -0.138. The van der Waals surface area contributed by atoms with Crippen LogP contribution in [0.4, 0.5) is 13.2 Å². The number of benzene rings is 1. The number of carbonyl (C=O) groups is 1.